The van der Waals surface area contributed by atoms with Crippen LogP contribution < -0.4 is 15.0 Å². The predicted octanol–water partition coefficient (Wildman–Crippen LogP) is 2.77. The van der Waals surface area contributed by atoms with Crippen LogP contribution in [0.5, 0.6) is 11.5 Å². The number of fused-ring (bicyclic) bond motifs is 1. The molecule has 2 heterocycles. The van der Waals surface area contributed by atoms with E-state index in [9.17, 15) is 4.79 Å². The van der Waals surface area contributed by atoms with Gasteiger partial charge in [0.25, 0.3) is 11.3 Å². The van der Waals surface area contributed by atoms with Gasteiger partial charge in [-0.1, -0.05) is 30.3 Å². The van der Waals surface area contributed by atoms with Crippen LogP contribution in [-0.4, -0.2) is 33.8 Å². The number of aromatic nitrogens is 4. The van der Waals surface area contributed by atoms with Gasteiger partial charge in [-0.3, -0.25) is 9.89 Å². The van der Waals surface area contributed by atoms with E-state index in [1.807, 2.05) is 36.4 Å². The van der Waals surface area contributed by atoms with Crippen molar-refractivity contribution in [3.63, 3.8) is 0 Å². The molecule has 130 valence electrons. The van der Waals surface area contributed by atoms with Gasteiger partial charge in [0.2, 0.25) is 0 Å². The van der Waals surface area contributed by atoms with Crippen LogP contribution in [0.4, 0.5) is 0 Å². The number of ether oxygens (including phenoxy) is 2. The molecule has 0 amide bonds. The Balaban J connectivity index is 1.84. The first-order valence-corrected chi connectivity index (χ1v) is 7.97. The zero-order valence-electron chi connectivity index (χ0n) is 14.3. The first-order chi connectivity index (χ1) is 12.7. The van der Waals surface area contributed by atoms with Crippen molar-refractivity contribution in [1.82, 2.24) is 19.6 Å². The highest BCUT2D eigenvalue weighted by molar-refractivity contribution is 5.65. The monoisotopic (exact) mass is 348 g/mol. The van der Waals surface area contributed by atoms with Gasteiger partial charge in [0.05, 0.1) is 19.9 Å². The number of methoxy groups -OCH3 is 2. The van der Waals surface area contributed by atoms with Crippen LogP contribution in [0.1, 0.15) is 0 Å². The minimum absolute atomic E-state index is 0.241. The summed E-state index contributed by atoms with van der Waals surface area (Å²) in [6.07, 6.45) is 0. The van der Waals surface area contributed by atoms with Crippen LogP contribution in [0.2, 0.25) is 0 Å². The van der Waals surface area contributed by atoms with Crippen LogP contribution in [0.3, 0.4) is 0 Å². The van der Waals surface area contributed by atoms with E-state index < -0.39 is 0 Å². The van der Waals surface area contributed by atoms with Gasteiger partial charge >= 0.3 is 0 Å². The second kappa shape index (κ2) is 6.36. The molecule has 0 fully saturated rings. The molecule has 0 saturated heterocycles. The van der Waals surface area contributed by atoms with Crippen LogP contribution >= 0.6 is 0 Å². The van der Waals surface area contributed by atoms with E-state index in [2.05, 4.69) is 15.1 Å². The highest BCUT2D eigenvalue weighted by Gasteiger charge is 2.12. The molecular weight excluding hydrogens is 332 g/mol. The Bertz CT molecular complexity index is 1130. The van der Waals surface area contributed by atoms with Gasteiger partial charge in [-0.25, -0.2) is 4.98 Å². The fourth-order valence-electron chi connectivity index (χ4n) is 2.75. The molecule has 26 heavy (non-hydrogen) atoms. The van der Waals surface area contributed by atoms with Gasteiger partial charge in [0.15, 0.2) is 17.3 Å². The van der Waals surface area contributed by atoms with Crippen molar-refractivity contribution in [3.05, 3.63) is 65.0 Å². The molecule has 7 nitrogen and oxygen atoms in total. The quantitative estimate of drug-likeness (QED) is 0.613. The molecule has 0 aliphatic heterocycles. The second-order valence-corrected chi connectivity index (χ2v) is 5.62. The van der Waals surface area contributed by atoms with Gasteiger partial charge in [-0.05, 0) is 18.2 Å². The Morgan fingerprint density at radius 3 is 2.38 bits per heavy atom. The summed E-state index contributed by atoms with van der Waals surface area (Å²) in [5.41, 5.74) is 1.90. The number of rotatable bonds is 4. The second-order valence-electron chi connectivity index (χ2n) is 5.62. The Morgan fingerprint density at radius 2 is 1.65 bits per heavy atom. The Hall–Kier alpha value is -3.61. The maximum absolute atomic E-state index is 12.5. The fraction of sp³-hybridized carbons (Fsp3) is 0.105. The van der Waals surface area contributed by atoms with Crippen LogP contribution in [0, 0.1) is 0 Å². The van der Waals surface area contributed by atoms with Crippen molar-refractivity contribution in [3.8, 4) is 34.1 Å². The number of benzene rings is 2. The average molecular weight is 348 g/mol. The van der Waals surface area contributed by atoms with Gasteiger partial charge in [-0.2, -0.15) is 9.50 Å². The normalized spacial score (nSPS) is 10.8. The van der Waals surface area contributed by atoms with Crippen molar-refractivity contribution < 1.29 is 9.47 Å². The third-order valence-corrected chi connectivity index (χ3v) is 4.06. The molecule has 2 aromatic carbocycles. The molecule has 0 aliphatic rings. The average Bonchev–Trinajstić information content (AvgIpc) is 3.13. The minimum Gasteiger partial charge on any atom is -0.493 e. The summed E-state index contributed by atoms with van der Waals surface area (Å²) < 4.78 is 11.9. The predicted molar refractivity (Wildman–Crippen MR) is 97.6 cm³/mol. The van der Waals surface area contributed by atoms with Crippen LogP contribution in [-0.2, 0) is 0 Å². The van der Waals surface area contributed by atoms with Crippen molar-refractivity contribution in [1.29, 1.82) is 0 Å². The maximum atomic E-state index is 12.5. The smallest absolute Gasteiger partial charge is 0.274 e. The molecule has 0 atom stereocenters. The highest BCUT2D eigenvalue weighted by atomic mass is 16.5. The standard InChI is InChI=1S/C19H16N4O3/c1-25-15-9-8-13(10-16(15)26-2)14-11-17(24)23-19(20-14)21-18(22-23)12-6-4-3-5-7-12/h3-11H,1-2H3,(H,20,21,22). The Kier molecular flexibility index (Phi) is 3.89. The van der Waals surface area contributed by atoms with E-state index in [1.54, 1.807) is 26.4 Å². The van der Waals surface area contributed by atoms with Crippen molar-refractivity contribution >= 4 is 5.78 Å². The molecule has 0 unspecified atom stereocenters. The van der Waals surface area contributed by atoms with E-state index in [4.69, 9.17) is 9.47 Å². The van der Waals surface area contributed by atoms with E-state index in [0.717, 1.165) is 11.1 Å². The maximum Gasteiger partial charge on any atom is 0.274 e. The number of nitrogens with one attached hydrogen (secondary N) is 1. The summed E-state index contributed by atoms with van der Waals surface area (Å²) in [6.45, 7) is 0. The third kappa shape index (κ3) is 2.69. The van der Waals surface area contributed by atoms with Crippen molar-refractivity contribution in [2.24, 2.45) is 0 Å². The lowest BCUT2D eigenvalue weighted by atomic mass is 10.1. The van der Waals surface area contributed by atoms with E-state index in [1.165, 1.54) is 10.6 Å². The minimum atomic E-state index is -0.241. The van der Waals surface area contributed by atoms with Gasteiger partial charge in [0, 0.05) is 17.2 Å². The molecule has 7 heteroatoms. The molecule has 0 bridgehead atoms. The van der Waals surface area contributed by atoms with Gasteiger partial charge < -0.3 is 9.47 Å². The molecule has 0 spiro atoms. The summed E-state index contributed by atoms with van der Waals surface area (Å²) in [6, 6.07) is 16.4. The highest BCUT2D eigenvalue weighted by Crippen LogP contribution is 2.31. The third-order valence-electron chi connectivity index (χ3n) is 4.06. The van der Waals surface area contributed by atoms with Crippen molar-refractivity contribution in [2.75, 3.05) is 14.2 Å². The fourth-order valence-corrected chi connectivity index (χ4v) is 2.75. The summed E-state index contributed by atoms with van der Waals surface area (Å²) >= 11 is 0. The molecule has 4 aromatic rings. The molecule has 4 rings (SSSR count). The van der Waals surface area contributed by atoms with E-state index >= 15 is 0 Å². The lowest BCUT2D eigenvalue weighted by Crippen LogP contribution is -2.14. The molecule has 0 aliphatic carbocycles. The number of nitrogens with zero attached hydrogens (tertiary/aromatic N) is 3. The van der Waals surface area contributed by atoms with Crippen LogP contribution in [0.15, 0.2) is 59.4 Å². The Morgan fingerprint density at radius 1 is 0.885 bits per heavy atom. The summed E-state index contributed by atoms with van der Waals surface area (Å²) in [5, 5.41) is 2.99. The number of hydrogen-bond donors (Lipinski definition) is 1. The van der Waals surface area contributed by atoms with Gasteiger partial charge in [-0.15, -0.1) is 0 Å². The van der Waals surface area contributed by atoms with Gasteiger partial charge in [0.1, 0.15) is 0 Å². The SMILES string of the molecule is COc1ccc(-c2cc(=O)n3[nH]c(-c4ccccc4)nc3n2)cc1OC. The Labute approximate surface area is 148 Å². The number of hydrogen-bond acceptors (Lipinski definition) is 5. The lowest BCUT2D eigenvalue weighted by Gasteiger charge is -2.09. The molecule has 2 aromatic heterocycles. The number of aromatic amines is 1. The summed E-state index contributed by atoms with van der Waals surface area (Å²) in [4.78, 5) is 21.4. The summed E-state index contributed by atoms with van der Waals surface area (Å²) in [7, 11) is 3.13. The first-order valence-electron chi connectivity index (χ1n) is 7.97. The first kappa shape index (κ1) is 15.9. The topological polar surface area (TPSA) is 81.5 Å². The molecule has 0 saturated carbocycles. The largest absolute Gasteiger partial charge is 0.493 e. The van der Waals surface area contributed by atoms with Crippen LogP contribution in [0.25, 0.3) is 28.4 Å². The molecule has 1 N–H and O–H groups in total. The summed E-state index contributed by atoms with van der Waals surface area (Å²) in [5.74, 6) is 2.07. The van der Waals surface area contributed by atoms with E-state index in [-0.39, 0.29) is 5.56 Å². The van der Waals surface area contributed by atoms with E-state index in [0.29, 0.717) is 28.8 Å². The molecular formula is C19H16N4O3. The molecule has 0 radical (unpaired) electrons. The van der Waals surface area contributed by atoms with Crippen molar-refractivity contribution in [2.45, 2.75) is 0 Å². The zero-order chi connectivity index (χ0) is 18.1. The zero-order valence-corrected chi connectivity index (χ0v) is 14.3. The lowest BCUT2D eigenvalue weighted by molar-refractivity contribution is 0.355. The number of H-pyrrole nitrogens is 1.